The Kier molecular flexibility index (Phi) is 5.21. The highest BCUT2D eigenvalue weighted by molar-refractivity contribution is 7.09. The van der Waals surface area contributed by atoms with Crippen LogP contribution in [0.4, 0.5) is 0 Å². The van der Waals surface area contributed by atoms with Crippen LogP contribution >= 0.6 is 11.3 Å². The summed E-state index contributed by atoms with van der Waals surface area (Å²) in [6, 6.07) is 0. The first-order valence-electron chi connectivity index (χ1n) is 5.17. The molecule has 0 spiro atoms. The van der Waals surface area contributed by atoms with Gasteiger partial charge in [0.05, 0.1) is 17.8 Å². The van der Waals surface area contributed by atoms with E-state index in [0.717, 1.165) is 12.1 Å². The minimum atomic E-state index is -0.307. The Morgan fingerprint density at radius 1 is 1.75 bits per heavy atom. The zero-order chi connectivity index (χ0) is 12.0. The number of ether oxygens (including phenoxy) is 1. The largest absolute Gasteiger partial charge is 0.409 e. The molecular formula is C10H17N3O2S. The zero-order valence-corrected chi connectivity index (χ0v) is 10.3. The summed E-state index contributed by atoms with van der Waals surface area (Å²) >= 11 is 1.62. The first-order valence-corrected chi connectivity index (χ1v) is 6.05. The molecule has 6 heteroatoms. The van der Waals surface area contributed by atoms with Gasteiger partial charge >= 0.3 is 0 Å². The van der Waals surface area contributed by atoms with Crippen molar-refractivity contribution in [3.8, 4) is 0 Å². The fourth-order valence-electron chi connectivity index (χ4n) is 1.34. The molecule has 3 N–H and O–H groups in total. The van der Waals surface area contributed by atoms with Crippen molar-refractivity contribution in [2.75, 3.05) is 6.61 Å². The van der Waals surface area contributed by atoms with Gasteiger partial charge in [0.1, 0.15) is 6.10 Å². The van der Waals surface area contributed by atoms with Crippen molar-refractivity contribution in [2.45, 2.75) is 32.8 Å². The molecule has 1 aromatic heterocycles. The summed E-state index contributed by atoms with van der Waals surface area (Å²) in [7, 11) is 0. The monoisotopic (exact) mass is 243 g/mol. The number of hydrogen-bond donors (Lipinski definition) is 2. The Morgan fingerprint density at radius 2 is 2.50 bits per heavy atom. The second kappa shape index (κ2) is 6.44. The number of nitrogens with two attached hydrogens (primary N) is 1. The summed E-state index contributed by atoms with van der Waals surface area (Å²) in [5.74, 6) is 0.128. The van der Waals surface area contributed by atoms with Crippen molar-refractivity contribution in [3.05, 3.63) is 16.1 Å². The molecule has 0 aromatic carbocycles. The zero-order valence-electron chi connectivity index (χ0n) is 9.51. The van der Waals surface area contributed by atoms with E-state index in [1.807, 2.05) is 19.4 Å². The van der Waals surface area contributed by atoms with Gasteiger partial charge in [0.2, 0.25) is 0 Å². The first kappa shape index (κ1) is 12.9. The SMILES string of the molecule is CCC(OCCc1scnc1C)C(N)=NO. The molecule has 0 fully saturated rings. The molecule has 90 valence electrons. The maximum absolute atomic E-state index is 8.54. The molecule has 1 unspecified atom stereocenters. The van der Waals surface area contributed by atoms with Gasteiger partial charge in [0.25, 0.3) is 0 Å². The molecule has 1 aromatic rings. The lowest BCUT2D eigenvalue weighted by molar-refractivity contribution is 0.0946. The molecule has 1 heterocycles. The number of oxime groups is 1. The molecule has 0 aliphatic rings. The number of amidine groups is 1. The fraction of sp³-hybridized carbons (Fsp3) is 0.600. The molecule has 0 saturated heterocycles. The van der Waals surface area contributed by atoms with Crippen LogP contribution in [0.25, 0.3) is 0 Å². The topological polar surface area (TPSA) is 80.7 Å². The van der Waals surface area contributed by atoms with Crippen LogP contribution in [0, 0.1) is 6.92 Å². The van der Waals surface area contributed by atoms with Gasteiger partial charge in [0.15, 0.2) is 5.84 Å². The summed E-state index contributed by atoms with van der Waals surface area (Å²) in [6.45, 7) is 4.46. The van der Waals surface area contributed by atoms with Crippen molar-refractivity contribution in [3.63, 3.8) is 0 Å². The van der Waals surface area contributed by atoms with Gasteiger partial charge in [-0.05, 0) is 13.3 Å². The summed E-state index contributed by atoms with van der Waals surface area (Å²) in [5.41, 5.74) is 8.35. The van der Waals surface area contributed by atoms with Crippen molar-refractivity contribution in [1.82, 2.24) is 4.98 Å². The maximum Gasteiger partial charge on any atom is 0.168 e. The van der Waals surface area contributed by atoms with Crippen LogP contribution < -0.4 is 5.73 Å². The Hall–Kier alpha value is -1.14. The van der Waals surface area contributed by atoms with Crippen molar-refractivity contribution >= 4 is 17.2 Å². The van der Waals surface area contributed by atoms with Crippen LogP contribution in [0.2, 0.25) is 0 Å². The summed E-state index contributed by atoms with van der Waals surface area (Å²) in [4.78, 5) is 5.38. The molecule has 1 rings (SSSR count). The smallest absolute Gasteiger partial charge is 0.168 e. The maximum atomic E-state index is 8.54. The van der Waals surface area contributed by atoms with Crippen LogP contribution in [0.1, 0.15) is 23.9 Å². The first-order chi connectivity index (χ1) is 7.69. The third kappa shape index (κ3) is 3.46. The summed E-state index contributed by atoms with van der Waals surface area (Å²) in [5, 5.41) is 11.5. The number of rotatable bonds is 6. The minimum absolute atomic E-state index is 0.128. The summed E-state index contributed by atoms with van der Waals surface area (Å²) < 4.78 is 5.54. The van der Waals surface area contributed by atoms with E-state index in [0.29, 0.717) is 13.0 Å². The van der Waals surface area contributed by atoms with Crippen LogP contribution in [-0.4, -0.2) is 28.7 Å². The van der Waals surface area contributed by atoms with Gasteiger partial charge in [0, 0.05) is 11.3 Å². The predicted octanol–water partition coefficient (Wildman–Crippen LogP) is 1.54. The molecule has 5 nitrogen and oxygen atoms in total. The Morgan fingerprint density at radius 3 is 3.00 bits per heavy atom. The molecule has 0 radical (unpaired) electrons. The number of aromatic nitrogens is 1. The molecule has 0 aliphatic carbocycles. The van der Waals surface area contributed by atoms with Crippen molar-refractivity contribution in [2.24, 2.45) is 10.9 Å². The Bertz CT molecular complexity index is 352. The average molecular weight is 243 g/mol. The third-order valence-corrected chi connectivity index (χ3v) is 3.30. The lowest BCUT2D eigenvalue weighted by atomic mass is 10.2. The number of hydrogen-bond acceptors (Lipinski definition) is 5. The number of thiazole rings is 1. The third-order valence-electron chi connectivity index (χ3n) is 2.31. The van der Waals surface area contributed by atoms with Gasteiger partial charge < -0.3 is 15.7 Å². The van der Waals surface area contributed by atoms with E-state index >= 15 is 0 Å². The van der Waals surface area contributed by atoms with E-state index in [4.69, 9.17) is 15.7 Å². The molecule has 0 bridgehead atoms. The highest BCUT2D eigenvalue weighted by Crippen LogP contribution is 2.13. The van der Waals surface area contributed by atoms with Gasteiger partial charge in [-0.1, -0.05) is 12.1 Å². The fourth-order valence-corrected chi connectivity index (χ4v) is 2.10. The quantitative estimate of drug-likeness (QED) is 0.344. The van der Waals surface area contributed by atoms with E-state index in [9.17, 15) is 0 Å². The summed E-state index contributed by atoms with van der Waals surface area (Å²) in [6.07, 6.45) is 1.20. The number of aryl methyl sites for hydroxylation is 1. The van der Waals surface area contributed by atoms with Crippen molar-refractivity contribution in [1.29, 1.82) is 0 Å². The van der Waals surface area contributed by atoms with Crippen LogP contribution in [0.15, 0.2) is 10.7 Å². The van der Waals surface area contributed by atoms with Crippen LogP contribution in [0.5, 0.6) is 0 Å². The molecule has 0 amide bonds. The van der Waals surface area contributed by atoms with Gasteiger partial charge in [-0.2, -0.15) is 0 Å². The molecule has 1 atom stereocenters. The molecule has 0 aliphatic heterocycles. The average Bonchev–Trinajstić information content (AvgIpc) is 2.69. The minimum Gasteiger partial charge on any atom is -0.409 e. The normalized spacial score (nSPS) is 14.0. The van der Waals surface area contributed by atoms with E-state index in [-0.39, 0.29) is 11.9 Å². The van der Waals surface area contributed by atoms with Crippen LogP contribution in [-0.2, 0) is 11.2 Å². The van der Waals surface area contributed by atoms with Gasteiger partial charge in [-0.25, -0.2) is 4.98 Å². The Labute approximate surface area is 98.9 Å². The van der Waals surface area contributed by atoms with Crippen molar-refractivity contribution < 1.29 is 9.94 Å². The second-order valence-corrected chi connectivity index (χ2v) is 4.34. The Balaban J connectivity index is 2.37. The second-order valence-electron chi connectivity index (χ2n) is 3.40. The van der Waals surface area contributed by atoms with E-state index in [1.165, 1.54) is 4.88 Å². The molecule has 16 heavy (non-hydrogen) atoms. The molecular weight excluding hydrogens is 226 g/mol. The van der Waals surface area contributed by atoms with Gasteiger partial charge in [-0.3, -0.25) is 0 Å². The standard InChI is InChI=1S/C10H17N3O2S/c1-3-8(10(11)13-14)15-5-4-9-7(2)12-6-16-9/h6,8,14H,3-5H2,1-2H3,(H2,11,13). The lowest BCUT2D eigenvalue weighted by Gasteiger charge is -2.13. The lowest BCUT2D eigenvalue weighted by Crippen LogP contribution is -2.31. The van der Waals surface area contributed by atoms with E-state index < -0.39 is 0 Å². The highest BCUT2D eigenvalue weighted by Gasteiger charge is 2.12. The van der Waals surface area contributed by atoms with Crippen LogP contribution in [0.3, 0.4) is 0 Å². The predicted molar refractivity (Wildman–Crippen MR) is 64.0 cm³/mol. The number of nitrogens with zero attached hydrogens (tertiary/aromatic N) is 2. The highest BCUT2D eigenvalue weighted by atomic mass is 32.1. The molecule has 0 saturated carbocycles. The van der Waals surface area contributed by atoms with Gasteiger partial charge in [-0.15, -0.1) is 11.3 Å². The van der Waals surface area contributed by atoms with E-state index in [1.54, 1.807) is 11.3 Å². The van der Waals surface area contributed by atoms with E-state index in [2.05, 4.69) is 10.1 Å².